The second-order valence-corrected chi connectivity index (χ2v) is 5.50. The van der Waals surface area contributed by atoms with Crippen molar-refractivity contribution in [1.82, 2.24) is 10.4 Å². The summed E-state index contributed by atoms with van der Waals surface area (Å²) in [6, 6.07) is 17.3. The normalized spacial score (nSPS) is 12.4. The largest absolute Gasteiger partial charge is 0.374 e. The van der Waals surface area contributed by atoms with Crippen LogP contribution in [0.2, 0.25) is 0 Å². The van der Waals surface area contributed by atoms with Gasteiger partial charge in [-0.15, -0.1) is 0 Å². The number of anilines is 1. The van der Waals surface area contributed by atoms with E-state index in [0.29, 0.717) is 6.42 Å². The zero-order valence-electron chi connectivity index (χ0n) is 13.5. The molecule has 3 rings (SSSR count). The lowest BCUT2D eigenvalue weighted by atomic mass is 10.2. The van der Waals surface area contributed by atoms with Gasteiger partial charge in [0.2, 0.25) is 0 Å². The Labute approximate surface area is 140 Å². The molecule has 1 heterocycles. The number of fused-ring (bicyclic) bond motifs is 1. The van der Waals surface area contributed by atoms with E-state index in [9.17, 15) is 4.79 Å². The fourth-order valence-electron chi connectivity index (χ4n) is 2.53. The van der Waals surface area contributed by atoms with E-state index in [1.165, 1.54) is 0 Å². The lowest BCUT2D eigenvalue weighted by molar-refractivity contribution is -0.121. The molecule has 122 valence electrons. The average Bonchev–Trinajstić information content (AvgIpc) is 3.04. The van der Waals surface area contributed by atoms with Gasteiger partial charge in [0.1, 0.15) is 6.04 Å². The first-order valence-electron chi connectivity index (χ1n) is 7.98. The number of aromatic nitrogens is 1. The van der Waals surface area contributed by atoms with Gasteiger partial charge in [-0.1, -0.05) is 43.3 Å². The van der Waals surface area contributed by atoms with Gasteiger partial charge in [0.05, 0.1) is 6.21 Å². The Bertz CT molecular complexity index is 839. The minimum atomic E-state index is -0.326. The van der Waals surface area contributed by atoms with E-state index in [0.717, 1.165) is 22.2 Å². The maximum Gasteiger partial charge on any atom is 0.262 e. The highest BCUT2D eigenvalue weighted by Gasteiger charge is 2.15. The molecular weight excluding hydrogens is 300 g/mol. The first-order chi connectivity index (χ1) is 11.8. The topological polar surface area (TPSA) is 69.3 Å². The van der Waals surface area contributed by atoms with E-state index in [-0.39, 0.29) is 11.9 Å². The van der Waals surface area contributed by atoms with Crippen LogP contribution in [-0.2, 0) is 4.79 Å². The number of benzene rings is 2. The van der Waals surface area contributed by atoms with Crippen LogP contribution in [0.3, 0.4) is 0 Å². The molecule has 0 spiro atoms. The van der Waals surface area contributed by atoms with Gasteiger partial charge >= 0.3 is 0 Å². The standard InChI is InChI=1S/C19H20N4O/c1-2-17(22-15-8-4-3-5-9-15)19(24)23-21-13-14-12-20-18-11-7-6-10-16(14)18/h3-13,17,20,22H,2H2,1H3,(H,23,24)/b21-13+/t17-/m0/s1. The van der Waals surface area contributed by atoms with Crippen LogP contribution in [0.5, 0.6) is 0 Å². The summed E-state index contributed by atoms with van der Waals surface area (Å²) in [4.78, 5) is 15.5. The summed E-state index contributed by atoms with van der Waals surface area (Å²) in [5.41, 5.74) is 5.51. The number of rotatable bonds is 6. The van der Waals surface area contributed by atoms with E-state index in [1.807, 2.05) is 67.7 Å². The molecule has 0 fully saturated rings. The fourth-order valence-corrected chi connectivity index (χ4v) is 2.53. The Kier molecular flexibility index (Phi) is 4.91. The predicted octanol–water partition coefficient (Wildman–Crippen LogP) is 3.51. The molecule has 0 saturated carbocycles. The number of amides is 1. The van der Waals surface area contributed by atoms with Gasteiger partial charge in [0, 0.05) is 28.4 Å². The van der Waals surface area contributed by atoms with E-state index in [4.69, 9.17) is 0 Å². The van der Waals surface area contributed by atoms with Crippen molar-refractivity contribution in [3.63, 3.8) is 0 Å². The number of carbonyl (C=O) groups excluding carboxylic acids is 1. The lowest BCUT2D eigenvalue weighted by Gasteiger charge is -2.16. The van der Waals surface area contributed by atoms with Crippen molar-refractivity contribution in [2.75, 3.05) is 5.32 Å². The van der Waals surface area contributed by atoms with Crippen LogP contribution in [0.1, 0.15) is 18.9 Å². The number of hydrogen-bond acceptors (Lipinski definition) is 3. The molecule has 5 heteroatoms. The van der Waals surface area contributed by atoms with Crippen LogP contribution in [0, 0.1) is 0 Å². The van der Waals surface area contributed by atoms with E-state index >= 15 is 0 Å². The quantitative estimate of drug-likeness (QED) is 0.480. The number of nitrogens with zero attached hydrogens (tertiary/aromatic N) is 1. The molecule has 0 unspecified atom stereocenters. The third-order valence-corrected chi connectivity index (χ3v) is 3.84. The number of nitrogens with one attached hydrogen (secondary N) is 3. The molecular formula is C19H20N4O. The van der Waals surface area contributed by atoms with Gasteiger partial charge < -0.3 is 10.3 Å². The minimum absolute atomic E-state index is 0.155. The highest BCUT2D eigenvalue weighted by atomic mass is 16.2. The zero-order chi connectivity index (χ0) is 16.8. The summed E-state index contributed by atoms with van der Waals surface area (Å²) in [6.07, 6.45) is 4.20. The van der Waals surface area contributed by atoms with Crippen molar-refractivity contribution in [2.45, 2.75) is 19.4 Å². The molecule has 1 amide bonds. The summed E-state index contributed by atoms with van der Waals surface area (Å²) in [6.45, 7) is 1.96. The van der Waals surface area contributed by atoms with Crippen molar-refractivity contribution in [3.05, 3.63) is 66.4 Å². The van der Waals surface area contributed by atoms with Gasteiger partial charge in [0.25, 0.3) is 5.91 Å². The van der Waals surface area contributed by atoms with E-state index < -0.39 is 0 Å². The van der Waals surface area contributed by atoms with Crippen LogP contribution >= 0.6 is 0 Å². The van der Waals surface area contributed by atoms with Crippen molar-refractivity contribution < 1.29 is 4.79 Å². The number of hydrazone groups is 1. The Morgan fingerprint density at radius 2 is 1.92 bits per heavy atom. The van der Waals surface area contributed by atoms with E-state index in [2.05, 4.69) is 20.8 Å². The molecule has 3 N–H and O–H groups in total. The van der Waals surface area contributed by atoms with Gasteiger partial charge in [-0.2, -0.15) is 5.10 Å². The fraction of sp³-hybridized carbons (Fsp3) is 0.158. The Balaban J connectivity index is 1.63. The Morgan fingerprint density at radius 1 is 1.17 bits per heavy atom. The smallest absolute Gasteiger partial charge is 0.262 e. The van der Waals surface area contributed by atoms with Crippen LogP contribution < -0.4 is 10.7 Å². The molecule has 0 aliphatic rings. The highest BCUT2D eigenvalue weighted by Crippen LogP contribution is 2.15. The summed E-state index contributed by atoms with van der Waals surface area (Å²) in [7, 11) is 0. The third kappa shape index (κ3) is 3.63. The summed E-state index contributed by atoms with van der Waals surface area (Å²) in [5, 5.41) is 8.37. The van der Waals surface area contributed by atoms with Crippen LogP contribution in [-0.4, -0.2) is 23.1 Å². The van der Waals surface area contributed by atoms with Gasteiger partial charge in [-0.05, 0) is 24.6 Å². The molecule has 5 nitrogen and oxygen atoms in total. The molecule has 0 radical (unpaired) electrons. The first kappa shape index (κ1) is 15.8. The Hall–Kier alpha value is -3.08. The molecule has 24 heavy (non-hydrogen) atoms. The highest BCUT2D eigenvalue weighted by molar-refractivity contribution is 5.99. The van der Waals surface area contributed by atoms with Crippen molar-refractivity contribution in [2.24, 2.45) is 5.10 Å². The predicted molar refractivity (Wildman–Crippen MR) is 98.2 cm³/mol. The SMILES string of the molecule is CC[C@H](Nc1ccccc1)C(=O)N/N=C/c1c[nH]c2ccccc12. The number of para-hydroxylation sites is 2. The number of aromatic amines is 1. The van der Waals surface area contributed by atoms with Gasteiger partial charge in [-0.3, -0.25) is 4.79 Å². The maximum absolute atomic E-state index is 12.3. The van der Waals surface area contributed by atoms with Gasteiger partial charge in [-0.25, -0.2) is 5.43 Å². The molecule has 0 saturated heterocycles. The minimum Gasteiger partial charge on any atom is -0.374 e. The number of hydrogen-bond donors (Lipinski definition) is 3. The molecule has 3 aromatic rings. The average molecular weight is 320 g/mol. The van der Waals surface area contributed by atoms with Crippen LogP contribution in [0.4, 0.5) is 5.69 Å². The zero-order valence-corrected chi connectivity index (χ0v) is 13.5. The second-order valence-electron chi connectivity index (χ2n) is 5.50. The number of carbonyl (C=O) groups is 1. The van der Waals surface area contributed by atoms with Crippen LogP contribution in [0.15, 0.2) is 65.9 Å². The number of H-pyrrole nitrogens is 1. The molecule has 2 aromatic carbocycles. The summed E-state index contributed by atoms with van der Waals surface area (Å²) < 4.78 is 0. The van der Waals surface area contributed by atoms with Crippen molar-refractivity contribution in [1.29, 1.82) is 0 Å². The summed E-state index contributed by atoms with van der Waals surface area (Å²) >= 11 is 0. The molecule has 1 atom stereocenters. The monoisotopic (exact) mass is 320 g/mol. The van der Waals surface area contributed by atoms with Gasteiger partial charge in [0.15, 0.2) is 0 Å². The molecule has 0 aliphatic carbocycles. The third-order valence-electron chi connectivity index (χ3n) is 3.84. The lowest BCUT2D eigenvalue weighted by Crippen LogP contribution is -2.36. The van der Waals surface area contributed by atoms with Crippen molar-refractivity contribution in [3.8, 4) is 0 Å². The van der Waals surface area contributed by atoms with Crippen molar-refractivity contribution >= 4 is 28.7 Å². The molecule has 0 bridgehead atoms. The first-order valence-corrected chi connectivity index (χ1v) is 7.98. The Morgan fingerprint density at radius 3 is 2.71 bits per heavy atom. The molecule has 0 aliphatic heterocycles. The van der Waals surface area contributed by atoms with E-state index in [1.54, 1.807) is 6.21 Å². The second kappa shape index (κ2) is 7.46. The maximum atomic E-state index is 12.3. The molecule has 1 aromatic heterocycles. The van der Waals surface area contributed by atoms with Crippen LogP contribution in [0.25, 0.3) is 10.9 Å². The summed E-state index contributed by atoms with van der Waals surface area (Å²) in [5.74, 6) is -0.155.